The van der Waals surface area contributed by atoms with E-state index >= 15 is 0 Å². The number of benzene rings is 2. The van der Waals surface area contributed by atoms with Gasteiger partial charge in [0.05, 0.1) is 5.92 Å². The minimum absolute atomic E-state index is 0.0639. The molecule has 0 aliphatic carbocycles. The lowest BCUT2D eigenvalue weighted by Crippen LogP contribution is -2.38. The molecule has 2 amide bonds. The lowest BCUT2D eigenvalue weighted by atomic mass is 9.94. The van der Waals surface area contributed by atoms with E-state index in [1.54, 1.807) is 78.6 Å². The minimum atomic E-state index is -0.416. The largest absolute Gasteiger partial charge is 0.343 e. The molecule has 1 aliphatic heterocycles. The highest BCUT2D eigenvalue weighted by molar-refractivity contribution is 7.99. The number of carbonyl (C=O) groups excluding carboxylic acids is 2. The number of halogens is 1. The van der Waals surface area contributed by atoms with E-state index in [1.165, 1.54) is 12.1 Å². The van der Waals surface area contributed by atoms with Crippen molar-refractivity contribution in [1.82, 2.24) is 9.88 Å². The van der Waals surface area contributed by atoms with E-state index in [9.17, 15) is 14.0 Å². The molecule has 3 aromatic rings. The van der Waals surface area contributed by atoms with Gasteiger partial charge in [0, 0.05) is 48.2 Å². The second-order valence-electron chi connectivity index (χ2n) is 8.01. The fourth-order valence-electron chi connectivity index (χ4n) is 3.90. The maximum Gasteiger partial charge on any atom is 0.255 e. The Morgan fingerprint density at radius 3 is 2.64 bits per heavy atom. The van der Waals surface area contributed by atoms with Gasteiger partial charge in [0.15, 0.2) is 0 Å². The highest BCUT2D eigenvalue weighted by atomic mass is 32.2. The van der Waals surface area contributed by atoms with E-state index in [2.05, 4.69) is 10.3 Å². The van der Waals surface area contributed by atoms with Gasteiger partial charge in [-0.3, -0.25) is 14.6 Å². The lowest BCUT2D eigenvalue weighted by Gasteiger charge is -2.30. The summed E-state index contributed by atoms with van der Waals surface area (Å²) in [6, 6.07) is 14.7. The summed E-state index contributed by atoms with van der Waals surface area (Å²) in [6.07, 6.45) is 3.88. The molecule has 8 heteroatoms. The van der Waals surface area contributed by atoms with Crippen LogP contribution in [0.4, 0.5) is 10.1 Å². The van der Waals surface area contributed by atoms with Gasteiger partial charge < -0.3 is 16.0 Å². The van der Waals surface area contributed by atoms with Crippen LogP contribution in [0.3, 0.4) is 0 Å². The van der Waals surface area contributed by atoms with Crippen LogP contribution >= 0.6 is 11.8 Å². The SMILES string of the molecule is CN(CC(N)c1ccc(C(=O)Nc2ccncc2)cc1)C(=O)C1CCSc2ccc(F)cc21. The van der Waals surface area contributed by atoms with E-state index in [4.69, 9.17) is 5.73 Å². The number of rotatable bonds is 6. The van der Waals surface area contributed by atoms with E-state index < -0.39 is 6.04 Å². The Bertz CT molecular complexity index is 1140. The van der Waals surface area contributed by atoms with Gasteiger partial charge in [-0.1, -0.05) is 12.1 Å². The number of amides is 2. The van der Waals surface area contributed by atoms with E-state index in [-0.39, 0.29) is 23.5 Å². The van der Waals surface area contributed by atoms with E-state index in [0.29, 0.717) is 24.2 Å². The number of hydrogen-bond donors (Lipinski definition) is 2. The van der Waals surface area contributed by atoms with Gasteiger partial charge in [-0.2, -0.15) is 0 Å². The number of fused-ring (bicyclic) bond motifs is 1. The predicted molar refractivity (Wildman–Crippen MR) is 128 cm³/mol. The molecule has 0 radical (unpaired) electrons. The number of hydrogen-bond acceptors (Lipinski definition) is 5. The highest BCUT2D eigenvalue weighted by Crippen LogP contribution is 2.38. The average molecular weight is 465 g/mol. The van der Waals surface area contributed by atoms with Crippen LogP contribution in [0.25, 0.3) is 0 Å². The summed E-state index contributed by atoms with van der Waals surface area (Å²) < 4.78 is 13.8. The third kappa shape index (κ3) is 5.40. The van der Waals surface area contributed by atoms with E-state index in [1.807, 2.05) is 0 Å². The molecule has 2 heterocycles. The third-order valence-corrected chi connectivity index (χ3v) is 6.82. The lowest BCUT2D eigenvalue weighted by molar-refractivity contribution is -0.131. The number of nitrogens with two attached hydrogens (primary N) is 1. The number of nitrogens with one attached hydrogen (secondary N) is 1. The number of anilines is 1. The number of likely N-dealkylation sites (N-methyl/N-ethyl adjacent to an activating group) is 1. The standard InChI is InChI=1S/C25H25FN4O2S/c1-30(25(32)20-10-13-33-23-7-6-18(26)14-21(20)23)15-22(27)16-2-4-17(5-3-16)24(31)29-19-8-11-28-12-9-19/h2-9,11-12,14,20,22H,10,13,15,27H2,1H3,(H,28,29,31). The second-order valence-corrected chi connectivity index (χ2v) is 9.15. The summed E-state index contributed by atoms with van der Waals surface area (Å²) in [7, 11) is 1.72. The summed E-state index contributed by atoms with van der Waals surface area (Å²) in [5.41, 5.74) is 9.11. The molecule has 0 bridgehead atoms. The molecule has 1 aliphatic rings. The summed E-state index contributed by atoms with van der Waals surface area (Å²) in [5, 5.41) is 2.81. The molecular weight excluding hydrogens is 439 g/mol. The van der Waals surface area contributed by atoms with Crippen LogP contribution in [0.15, 0.2) is 71.9 Å². The van der Waals surface area contributed by atoms with Crippen LogP contribution in [0.1, 0.15) is 39.9 Å². The summed E-state index contributed by atoms with van der Waals surface area (Å²) in [6.45, 7) is 0.315. The number of aromatic nitrogens is 1. The van der Waals surface area contributed by atoms with Crippen molar-refractivity contribution in [3.63, 3.8) is 0 Å². The van der Waals surface area contributed by atoms with Crippen LogP contribution in [0.2, 0.25) is 0 Å². The molecule has 0 fully saturated rings. The summed E-state index contributed by atoms with van der Waals surface area (Å²) >= 11 is 1.65. The van der Waals surface area contributed by atoms with Crippen molar-refractivity contribution in [1.29, 1.82) is 0 Å². The Morgan fingerprint density at radius 2 is 1.91 bits per heavy atom. The Kier molecular flexibility index (Phi) is 7.05. The van der Waals surface area contributed by atoms with Crippen LogP contribution in [0.5, 0.6) is 0 Å². The van der Waals surface area contributed by atoms with Crippen molar-refractivity contribution in [2.24, 2.45) is 5.73 Å². The van der Waals surface area contributed by atoms with Crippen LogP contribution in [-0.2, 0) is 4.79 Å². The average Bonchev–Trinajstić information content (AvgIpc) is 2.83. The van der Waals surface area contributed by atoms with Crippen LogP contribution in [-0.4, -0.2) is 41.0 Å². The highest BCUT2D eigenvalue weighted by Gasteiger charge is 2.30. The number of thioether (sulfide) groups is 1. The molecule has 6 nitrogen and oxygen atoms in total. The quantitative estimate of drug-likeness (QED) is 0.571. The Labute approximate surface area is 196 Å². The number of nitrogens with zero attached hydrogens (tertiary/aromatic N) is 2. The van der Waals surface area contributed by atoms with Gasteiger partial charge in [-0.15, -0.1) is 11.8 Å². The zero-order valence-electron chi connectivity index (χ0n) is 18.2. The molecule has 2 aromatic carbocycles. The van der Waals surface area contributed by atoms with Crippen LogP contribution in [0, 0.1) is 5.82 Å². The minimum Gasteiger partial charge on any atom is -0.343 e. The molecule has 0 saturated heterocycles. The number of pyridine rings is 1. The number of carbonyl (C=O) groups is 2. The maximum absolute atomic E-state index is 13.8. The molecule has 0 saturated carbocycles. The van der Waals surface area contributed by atoms with Crippen molar-refractivity contribution in [3.8, 4) is 0 Å². The third-order valence-electron chi connectivity index (χ3n) is 5.70. The molecule has 2 unspecified atom stereocenters. The Hall–Kier alpha value is -3.23. The first kappa shape index (κ1) is 22.9. The Morgan fingerprint density at radius 1 is 1.18 bits per heavy atom. The van der Waals surface area contributed by atoms with Crippen molar-refractivity contribution < 1.29 is 14.0 Å². The normalized spacial score (nSPS) is 15.9. The zero-order chi connectivity index (χ0) is 23.4. The first-order valence-electron chi connectivity index (χ1n) is 10.7. The second kappa shape index (κ2) is 10.1. The molecule has 33 heavy (non-hydrogen) atoms. The molecule has 2 atom stereocenters. The van der Waals surface area contributed by atoms with Gasteiger partial charge in [0.2, 0.25) is 5.91 Å². The molecular formula is C25H25FN4O2S. The first-order chi connectivity index (χ1) is 15.9. The van der Waals surface area contributed by atoms with Gasteiger partial charge in [0.25, 0.3) is 5.91 Å². The monoisotopic (exact) mass is 464 g/mol. The van der Waals surface area contributed by atoms with Gasteiger partial charge in [-0.25, -0.2) is 4.39 Å². The van der Waals surface area contributed by atoms with Crippen molar-refractivity contribution in [3.05, 3.63) is 89.5 Å². The smallest absolute Gasteiger partial charge is 0.255 e. The van der Waals surface area contributed by atoms with E-state index in [0.717, 1.165) is 21.8 Å². The maximum atomic E-state index is 13.8. The molecule has 1 aromatic heterocycles. The fraction of sp³-hybridized carbons (Fsp3) is 0.240. The van der Waals surface area contributed by atoms with Crippen molar-refractivity contribution in [2.75, 3.05) is 24.7 Å². The first-order valence-corrected chi connectivity index (χ1v) is 11.6. The van der Waals surface area contributed by atoms with Crippen LogP contribution < -0.4 is 11.1 Å². The summed E-state index contributed by atoms with van der Waals surface area (Å²) in [5.74, 6) is -0.173. The Balaban J connectivity index is 1.39. The zero-order valence-corrected chi connectivity index (χ0v) is 19.0. The van der Waals surface area contributed by atoms with Crippen molar-refractivity contribution >= 4 is 29.3 Å². The predicted octanol–water partition coefficient (Wildman–Crippen LogP) is 4.21. The van der Waals surface area contributed by atoms with Gasteiger partial charge in [-0.05, 0) is 65.8 Å². The molecule has 4 rings (SSSR count). The van der Waals surface area contributed by atoms with Crippen molar-refractivity contribution in [2.45, 2.75) is 23.3 Å². The molecule has 170 valence electrons. The molecule has 3 N–H and O–H groups in total. The summed E-state index contributed by atoms with van der Waals surface area (Å²) in [4.78, 5) is 32.1. The topological polar surface area (TPSA) is 88.3 Å². The molecule has 0 spiro atoms. The fourth-order valence-corrected chi connectivity index (χ4v) is 5.00. The van der Waals surface area contributed by atoms with Gasteiger partial charge in [0.1, 0.15) is 5.82 Å². The van der Waals surface area contributed by atoms with Gasteiger partial charge >= 0.3 is 0 Å².